The Morgan fingerprint density at radius 2 is 1.86 bits per heavy atom. The molecule has 1 saturated heterocycles. The Morgan fingerprint density at radius 3 is 2.55 bits per heavy atom. The van der Waals surface area contributed by atoms with Gasteiger partial charge in [-0.1, -0.05) is 24.3 Å². The van der Waals surface area contributed by atoms with Gasteiger partial charge in [-0.25, -0.2) is 4.90 Å². The number of imide groups is 1. The molecule has 0 atom stereocenters. The van der Waals surface area contributed by atoms with Gasteiger partial charge in [0.1, 0.15) is 0 Å². The average Bonchev–Trinajstić information content (AvgIpc) is 2.97. The molecule has 7 nitrogen and oxygen atoms in total. The van der Waals surface area contributed by atoms with Crippen LogP contribution in [0.2, 0.25) is 0 Å². The Balaban J connectivity index is 1.82. The van der Waals surface area contributed by atoms with E-state index in [2.05, 4.69) is 0 Å². The lowest BCUT2D eigenvalue weighted by molar-refractivity contribution is -0.137. The standard InChI is InChI=1S/C21H19NO6S/c1-2-27-17-12-14(8-9-16(17)28-11-10-19(23)24)13-18-20(25)22(21(26)29-18)15-6-4-3-5-7-15/h3-9,12-13H,2,10-11H2,1H3,(H,23,24)/b18-13+. The Bertz CT molecular complexity index is 957. The van der Waals surface area contributed by atoms with Crippen LogP contribution in [0.25, 0.3) is 6.08 Å². The highest BCUT2D eigenvalue weighted by molar-refractivity contribution is 8.19. The van der Waals surface area contributed by atoms with Crippen LogP contribution in [-0.2, 0) is 9.59 Å². The zero-order valence-electron chi connectivity index (χ0n) is 15.7. The van der Waals surface area contributed by atoms with E-state index < -0.39 is 5.97 Å². The Labute approximate surface area is 171 Å². The maximum Gasteiger partial charge on any atom is 0.306 e. The summed E-state index contributed by atoms with van der Waals surface area (Å²) in [5.41, 5.74) is 1.19. The number of thioether (sulfide) groups is 1. The van der Waals surface area contributed by atoms with Crippen molar-refractivity contribution in [3.63, 3.8) is 0 Å². The van der Waals surface area contributed by atoms with Crippen LogP contribution in [0.1, 0.15) is 18.9 Å². The molecule has 2 amide bonds. The summed E-state index contributed by atoms with van der Waals surface area (Å²) in [7, 11) is 0. The molecule has 0 saturated carbocycles. The number of para-hydroxylation sites is 1. The van der Waals surface area contributed by atoms with Crippen LogP contribution in [-0.4, -0.2) is 35.4 Å². The SMILES string of the molecule is CCOc1cc(/C=C2/SC(=O)N(c3ccccc3)C2=O)ccc1OCCC(=O)O. The molecular formula is C21H19NO6S. The van der Waals surface area contributed by atoms with E-state index in [-0.39, 0.29) is 24.2 Å². The van der Waals surface area contributed by atoms with Gasteiger partial charge in [0.2, 0.25) is 0 Å². The van der Waals surface area contributed by atoms with Gasteiger partial charge in [-0.3, -0.25) is 14.4 Å². The predicted octanol–water partition coefficient (Wildman–Crippen LogP) is 4.18. The number of ether oxygens (including phenoxy) is 2. The lowest BCUT2D eigenvalue weighted by Gasteiger charge is -2.12. The van der Waals surface area contributed by atoms with Crippen molar-refractivity contribution in [1.29, 1.82) is 0 Å². The number of amides is 2. The van der Waals surface area contributed by atoms with Crippen molar-refractivity contribution < 1.29 is 29.0 Å². The smallest absolute Gasteiger partial charge is 0.306 e. The van der Waals surface area contributed by atoms with Gasteiger partial charge in [-0.2, -0.15) is 0 Å². The fraction of sp³-hybridized carbons (Fsp3) is 0.190. The van der Waals surface area contributed by atoms with Crippen molar-refractivity contribution in [2.45, 2.75) is 13.3 Å². The maximum absolute atomic E-state index is 12.7. The highest BCUT2D eigenvalue weighted by Crippen LogP contribution is 2.37. The number of hydrogen-bond donors (Lipinski definition) is 1. The van der Waals surface area contributed by atoms with Crippen molar-refractivity contribution in [2.24, 2.45) is 0 Å². The molecule has 0 unspecified atom stereocenters. The number of carbonyl (C=O) groups is 3. The third-order valence-corrected chi connectivity index (χ3v) is 4.82. The second kappa shape index (κ2) is 9.29. The minimum Gasteiger partial charge on any atom is -0.490 e. The molecule has 1 N–H and O–H groups in total. The van der Waals surface area contributed by atoms with Crippen molar-refractivity contribution in [3.05, 3.63) is 59.0 Å². The number of anilines is 1. The molecule has 0 aliphatic carbocycles. The highest BCUT2D eigenvalue weighted by Gasteiger charge is 2.36. The van der Waals surface area contributed by atoms with E-state index in [4.69, 9.17) is 14.6 Å². The first kappa shape index (κ1) is 20.5. The average molecular weight is 413 g/mol. The van der Waals surface area contributed by atoms with E-state index in [1.54, 1.807) is 48.5 Å². The van der Waals surface area contributed by atoms with Crippen molar-refractivity contribution in [1.82, 2.24) is 0 Å². The van der Waals surface area contributed by atoms with Gasteiger partial charge in [0.15, 0.2) is 11.5 Å². The van der Waals surface area contributed by atoms with Gasteiger partial charge in [-0.15, -0.1) is 0 Å². The second-order valence-corrected chi connectivity index (χ2v) is 6.98. The molecule has 150 valence electrons. The van der Waals surface area contributed by atoms with Crippen LogP contribution in [0.5, 0.6) is 11.5 Å². The van der Waals surface area contributed by atoms with Gasteiger partial charge >= 0.3 is 5.97 Å². The summed E-state index contributed by atoms with van der Waals surface area (Å²) in [6.45, 7) is 2.23. The molecule has 1 aliphatic heterocycles. The number of nitrogens with zero attached hydrogens (tertiary/aromatic N) is 1. The number of carboxylic acids is 1. The fourth-order valence-electron chi connectivity index (χ4n) is 2.67. The summed E-state index contributed by atoms with van der Waals surface area (Å²) < 4.78 is 11.0. The molecule has 1 aliphatic rings. The molecule has 1 heterocycles. The summed E-state index contributed by atoms with van der Waals surface area (Å²) in [5, 5.41) is 8.38. The third kappa shape index (κ3) is 4.97. The first-order valence-corrected chi connectivity index (χ1v) is 9.75. The lowest BCUT2D eigenvalue weighted by Crippen LogP contribution is -2.27. The van der Waals surface area contributed by atoms with Gasteiger partial charge in [-0.05, 0) is 54.6 Å². The first-order valence-electron chi connectivity index (χ1n) is 8.94. The normalized spacial score (nSPS) is 15.1. The number of carboxylic acid groups (broad SMARTS) is 1. The molecule has 2 aromatic rings. The molecule has 0 spiro atoms. The van der Waals surface area contributed by atoms with Crippen LogP contribution >= 0.6 is 11.8 Å². The predicted molar refractivity (Wildman–Crippen MR) is 110 cm³/mol. The number of benzene rings is 2. The minimum atomic E-state index is -0.950. The summed E-state index contributed by atoms with van der Waals surface area (Å²) >= 11 is 0.873. The molecular weight excluding hydrogens is 394 g/mol. The van der Waals surface area contributed by atoms with Crippen molar-refractivity contribution in [3.8, 4) is 11.5 Å². The van der Waals surface area contributed by atoms with Crippen LogP contribution in [0.4, 0.5) is 10.5 Å². The van der Waals surface area contributed by atoms with Crippen molar-refractivity contribution >= 4 is 40.6 Å². The quantitative estimate of drug-likeness (QED) is 0.649. The Hall–Kier alpha value is -3.26. The van der Waals surface area contributed by atoms with Crippen molar-refractivity contribution in [2.75, 3.05) is 18.1 Å². The van der Waals surface area contributed by atoms with E-state index in [0.29, 0.717) is 34.3 Å². The topological polar surface area (TPSA) is 93.1 Å². The first-order chi connectivity index (χ1) is 14.0. The van der Waals surface area contributed by atoms with Gasteiger partial charge in [0.05, 0.1) is 30.2 Å². The second-order valence-electron chi connectivity index (χ2n) is 5.98. The molecule has 1 fully saturated rings. The monoisotopic (exact) mass is 413 g/mol. The van der Waals surface area contributed by atoms with Gasteiger partial charge in [0.25, 0.3) is 11.1 Å². The minimum absolute atomic E-state index is 0.0186. The molecule has 0 bridgehead atoms. The fourth-order valence-corrected chi connectivity index (χ4v) is 3.51. The van der Waals surface area contributed by atoms with E-state index in [1.807, 2.05) is 13.0 Å². The largest absolute Gasteiger partial charge is 0.490 e. The van der Waals surface area contributed by atoms with E-state index in [1.165, 1.54) is 0 Å². The number of rotatable bonds is 8. The maximum atomic E-state index is 12.7. The molecule has 0 aromatic heterocycles. The van der Waals surface area contributed by atoms with Crippen LogP contribution in [0, 0.1) is 0 Å². The van der Waals surface area contributed by atoms with Gasteiger partial charge < -0.3 is 14.6 Å². The molecule has 29 heavy (non-hydrogen) atoms. The number of carbonyl (C=O) groups excluding carboxylic acids is 2. The zero-order chi connectivity index (χ0) is 20.8. The van der Waals surface area contributed by atoms with E-state index in [9.17, 15) is 14.4 Å². The Kier molecular flexibility index (Phi) is 6.56. The molecule has 3 rings (SSSR count). The number of hydrogen-bond acceptors (Lipinski definition) is 6. The van der Waals surface area contributed by atoms with Crippen LogP contribution < -0.4 is 14.4 Å². The Morgan fingerprint density at radius 1 is 1.10 bits per heavy atom. The highest BCUT2D eigenvalue weighted by atomic mass is 32.2. The van der Waals surface area contributed by atoms with E-state index >= 15 is 0 Å². The summed E-state index contributed by atoms with van der Waals surface area (Å²) in [6, 6.07) is 13.8. The molecule has 8 heteroatoms. The lowest BCUT2D eigenvalue weighted by atomic mass is 10.1. The summed E-state index contributed by atoms with van der Waals surface area (Å²) in [5.74, 6) is -0.476. The summed E-state index contributed by atoms with van der Waals surface area (Å²) in [4.78, 5) is 37.1. The van der Waals surface area contributed by atoms with E-state index in [0.717, 1.165) is 16.7 Å². The summed E-state index contributed by atoms with van der Waals surface area (Å²) in [6.07, 6.45) is 1.50. The molecule has 0 radical (unpaired) electrons. The molecule has 2 aromatic carbocycles. The van der Waals surface area contributed by atoms with Gasteiger partial charge in [0, 0.05) is 0 Å². The third-order valence-electron chi connectivity index (χ3n) is 3.95. The van der Waals surface area contributed by atoms with Crippen LogP contribution in [0.3, 0.4) is 0 Å². The zero-order valence-corrected chi connectivity index (χ0v) is 16.5. The number of aliphatic carboxylic acids is 1. The van der Waals surface area contributed by atoms with Crippen LogP contribution in [0.15, 0.2) is 53.4 Å².